The van der Waals surface area contributed by atoms with E-state index in [1.165, 1.54) is 4.90 Å². The van der Waals surface area contributed by atoms with Crippen LogP contribution >= 0.6 is 0 Å². The number of hydrogen-bond acceptors (Lipinski definition) is 5. The molecule has 4 rings (SSSR count). The van der Waals surface area contributed by atoms with E-state index in [2.05, 4.69) is 0 Å². The maximum absolute atomic E-state index is 12.8. The lowest BCUT2D eigenvalue weighted by Gasteiger charge is -2.18. The molecule has 0 unspecified atom stereocenters. The number of Topliss-reactive ketones (excluding diaryl/α,β-unsaturated/α-hetero) is 1. The molecule has 154 valence electrons. The van der Waals surface area contributed by atoms with Crippen LogP contribution in [0.3, 0.4) is 0 Å². The van der Waals surface area contributed by atoms with Crippen LogP contribution in [0.25, 0.3) is 0 Å². The molecule has 1 saturated heterocycles. The van der Waals surface area contributed by atoms with Crippen molar-refractivity contribution in [3.8, 4) is 11.5 Å². The Morgan fingerprint density at radius 3 is 2.50 bits per heavy atom. The minimum absolute atomic E-state index is 0.122. The summed E-state index contributed by atoms with van der Waals surface area (Å²) in [5.74, 6) is 0.112. The number of carbonyl (C=O) groups excluding carboxylic acids is 3. The van der Waals surface area contributed by atoms with Gasteiger partial charge in [-0.05, 0) is 56.2 Å². The highest BCUT2D eigenvalue weighted by atomic mass is 16.5. The Balaban J connectivity index is 1.41. The molecule has 0 aromatic heterocycles. The second-order valence-corrected chi connectivity index (χ2v) is 7.65. The molecule has 1 aliphatic carbocycles. The van der Waals surface area contributed by atoms with E-state index in [0.717, 1.165) is 5.57 Å². The Hall–Kier alpha value is -3.41. The number of nitrogens with zero attached hydrogens (tertiary/aromatic N) is 1. The van der Waals surface area contributed by atoms with E-state index in [4.69, 9.17) is 9.47 Å². The highest BCUT2D eigenvalue weighted by molar-refractivity contribution is 6.22. The number of benzene rings is 2. The van der Waals surface area contributed by atoms with Crippen LogP contribution in [0.4, 0.5) is 5.69 Å². The highest BCUT2D eigenvalue weighted by Crippen LogP contribution is 2.39. The van der Waals surface area contributed by atoms with Gasteiger partial charge in [0, 0.05) is 5.56 Å². The molecule has 0 saturated carbocycles. The first kappa shape index (κ1) is 19.9. The van der Waals surface area contributed by atoms with Crippen molar-refractivity contribution in [1.82, 2.24) is 0 Å². The number of anilines is 1. The molecule has 1 heterocycles. The molecule has 0 N–H and O–H groups in total. The summed E-state index contributed by atoms with van der Waals surface area (Å²) >= 11 is 0. The number of methoxy groups -OCH3 is 1. The van der Waals surface area contributed by atoms with Crippen molar-refractivity contribution >= 4 is 23.3 Å². The second-order valence-electron chi connectivity index (χ2n) is 7.65. The molecule has 1 aliphatic heterocycles. The minimum atomic E-state index is -0.266. The van der Waals surface area contributed by atoms with Gasteiger partial charge in [-0.25, -0.2) is 0 Å². The first-order valence-corrected chi connectivity index (χ1v) is 9.91. The lowest BCUT2D eigenvalue weighted by atomic mass is 9.82. The van der Waals surface area contributed by atoms with Gasteiger partial charge in [0.25, 0.3) is 0 Å². The lowest BCUT2D eigenvalue weighted by molar-refractivity contribution is -0.122. The number of ketones is 1. The molecule has 0 spiro atoms. The predicted molar refractivity (Wildman–Crippen MR) is 112 cm³/mol. The summed E-state index contributed by atoms with van der Waals surface area (Å²) in [5.41, 5.74) is 2.19. The fraction of sp³-hybridized carbons (Fsp3) is 0.292. The highest BCUT2D eigenvalue weighted by Gasteiger charge is 2.48. The smallest absolute Gasteiger partial charge is 0.238 e. The molecular formula is C24H23NO5. The Labute approximate surface area is 175 Å². The Bertz CT molecular complexity index is 1020. The Morgan fingerprint density at radius 2 is 1.77 bits per heavy atom. The third kappa shape index (κ3) is 3.73. The normalized spacial score (nSPS) is 20.6. The number of fused-ring (bicyclic) bond motifs is 1. The summed E-state index contributed by atoms with van der Waals surface area (Å²) in [6, 6.07) is 13.6. The van der Waals surface area contributed by atoms with E-state index in [0.29, 0.717) is 35.6 Å². The molecule has 2 atom stereocenters. The summed E-state index contributed by atoms with van der Waals surface area (Å²) < 4.78 is 10.7. The van der Waals surface area contributed by atoms with Gasteiger partial charge in [-0.1, -0.05) is 23.8 Å². The van der Waals surface area contributed by atoms with Gasteiger partial charge >= 0.3 is 0 Å². The van der Waals surface area contributed by atoms with Crippen LogP contribution in [0, 0.1) is 11.8 Å². The van der Waals surface area contributed by atoms with Crippen molar-refractivity contribution in [3.63, 3.8) is 0 Å². The van der Waals surface area contributed by atoms with Gasteiger partial charge in [0.05, 0.1) is 24.6 Å². The van der Waals surface area contributed by atoms with Gasteiger partial charge in [0.2, 0.25) is 11.8 Å². The standard InChI is InChI=1S/C24H23NO5/c1-15-6-11-20-21(12-15)24(28)25(23(20)27)17-7-9-18(10-8-17)30-14-22(26)16-4-3-5-19(13-16)29-2/h3-10,13,20-21H,11-12,14H2,1-2H3/t20-,21-/m0/s1. The monoisotopic (exact) mass is 405 g/mol. The average molecular weight is 405 g/mol. The molecule has 1 fully saturated rings. The maximum Gasteiger partial charge on any atom is 0.238 e. The maximum atomic E-state index is 12.8. The number of rotatable bonds is 6. The minimum Gasteiger partial charge on any atom is -0.497 e. The first-order valence-electron chi connectivity index (χ1n) is 9.91. The quantitative estimate of drug-likeness (QED) is 0.415. The average Bonchev–Trinajstić information content (AvgIpc) is 3.02. The van der Waals surface area contributed by atoms with Crippen molar-refractivity contribution in [2.75, 3.05) is 18.6 Å². The summed E-state index contributed by atoms with van der Waals surface area (Å²) in [7, 11) is 1.55. The number of imide groups is 1. The van der Waals surface area contributed by atoms with Crippen LogP contribution in [0.2, 0.25) is 0 Å². The number of allylic oxidation sites excluding steroid dienone is 2. The van der Waals surface area contributed by atoms with Crippen LogP contribution in [0.5, 0.6) is 11.5 Å². The van der Waals surface area contributed by atoms with Gasteiger partial charge in [0.1, 0.15) is 11.5 Å². The number of amides is 2. The summed E-state index contributed by atoms with van der Waals surface area (Å²) in [5, 5.41) is 0. The van der Waals surface area contributed by atoms with E-state index in [9.17, 15) is 14.4 Å². The molecule has 2 aliphatic rings. The van der Waals surface area contributed by atoms with E-state index >= 15 is 0 Å². The molecule has 2 amide bonds. The van der Waals surface area contributed by atoms with Gasteiger partial charge in [-0.2, -0.15) is 0 Å². The largest absolute Gasteiger partial charge is 0.497 e. The number of ether oxygens (including phenoxy) is 2. The first-order chi connectivity index (χ1) is 14.5. The Kier molecular flexibility index (Phi) is 5.40. The number of carbonyl (C=O) groups is 3. The van der Waals surface area contributed by atoms with Crippen molar-refractivity contribution in [2.45, 2.75) is 19.8 Å². The van der Waals surface area contributed by atoms with E-state index in [1.807, 2.05) is 13.0 Å². The summed E-state index contributed by atoms with van der Waals surface area (Å²) in [6.07, 6.45) is 3.30. The second kappa shape index (κ2) is 8.14. The molecule has 30 heavy (non-hydrogen) atoms. The zero-order valence-corrected chi connectivity index (χ0v) is 17.0. The zero-order valence-electron chi connectivity index (χ0n) is 17.0. The van der Waals surface area contributed by atoms with Crippen LogP contribution in [0.15, 0.2) is 60.2 Å². The topological polar surface area (TPSA) is 72.9 Å². The van der Waals surface area contributed by atoms with Crippen LogP contribution in [0.1, 0.15) is 30.1 Å². The number of hydrogen-bond donors (Lipinski definition) is 0. The summed E-state index contributed by atoms with van der Waals surface area (Å²) in [6.45, 7) is 1.87. The van der Waals surface area contributed by atoms with Gasteiger partial charge in [-0.15, -0.1) is 0 Å². The molecule has 0 radical (unpaired) electrons. The Morgan fingerprint density at radius 1 is 1.03 bits per heavy atom. The zero-order chi connectivity index (χ0) is 21.3. The van der Waals surface area contributed by atoms with Crippen LogP contribution in [-0.2, 0) is 9.59 Å². The fourth-order valence-electron chi connectivity index (χ4n) is 4.01. The summed E-state index contributed by atoms with van der Waals surface area (Å²) in [4.78, 5) is 39.2. The van der Waals surface area contributed by atoms with Crippen LogP contribution in [-0.4, -0.2) is 31.3 Å². The SMILES string of the molecule is COc1cccc(C(=O)COc2ccc(N3C(=O)[C@H]4CC=C(C)C[C@@H]4C3=O)cc2)c1. The van der Waals surface area contributed by atoms with Crippen LogP contribution < -0.4 is 14.4 Å². The molecule has 0 bridgehead atoms. The molecule has 2 aromatic carbocycles. The van der Waals surface area contributed by atoms with Gasteiger partial charge in [0.15, 0.2) is 12.4 Å². The van der Waals surface area contributed by atoms with Crippen molar-refractivity contribution < 1.29 is 23.9 Å². The van der Waals surface area contributed by atoms with Crippen molar-refractivity contribution in [3.05, 3.63) is 65.7 Å². The van der Waals surface area contributed by atoms with Gasteiger partial charge in [-0.3, -0.25) is 19.3 Å². The molecular weight excluding hydrogens is 382 g/mol. The lowest BCUT2D eigenvalue weighted by Crippen LogP contribution is -2.30. The van der Waals surface area contributed by atoms with Crippen molar-refractivity contribution in [2.24, 2.45) is 11.8 Å². The predicted octanol–water partition coefficient (Wildman–Crippen LogP) is 3.80. The third-order valence-electron chi connectivity index (χ3n) is 5.68. The molecule has 6 heteroatoms. The van der Waals surface area contributed by atoms with Gasteiger partial charge < -0.3 is 9.47 Å². The van der Waals surface area contributed by atoms with E-state index in [-0.39, 0.29) is 36.0 Å². The fourth-order valence-corrected chi connectivity index (χ4v) is 4.01. The van der Waals surface area contributed by atoms with E-state index < -0.39 is 0 Å². The molecule has 6 nitrogen and oxygen atoms in total. The molecule has 2 aromatic rings. The van der Waals surface area contributed by atoms with E-state index in [1.54, 1.807) is 55.6 Å². The third-order valence-corrected chi connectivity index (χ3v) is 5.68. The van der Waals surface area contributed by atoms with Crippen molar-refractivity contribution in [1.29, 1.82) is 0 Å².